The lowest BCUT2D eigenvalue weighted by atomic mass is 10.2. The van der Waals surface area contributed by atoms with E-state index in [9.17, 15) is 9.59 Å². The number of esters is 2. The highest BCUT2D eigenvalue weighted by Crippen LogP contribution is 2.14. The first kappa shape index (κ1) is 13.0. The molecule has 1 heterocycles. The largest absolute Gasteiger partial charge is 0.463 e. The molecule has 0 saturated carbocycles. The summed E-state index contributed by atoms with van der Waals surface area (Å²) in [6, 6.07) is 3.41. The Morgan fingerprint density at radius 1 is 1.29 bits per heavy atom. The number of ether oxygens (including phenoxy) is 2. The number of hydrogen-bond donors (Lipinski definition) is 1. The second kappa shape index (κ2) is 6.52. The van der Waals surface area contributed by atoms with Crippen molar-refractivity contribution in [3.63, 3.8) is 0 Å². The van der Waals surface area contributed by atoms with Gasteiger partial charge in [0.2, 0.25) is 0 Å². The van der Waals surface area contributed by atoms with Crippen LogP contribution in [0.1, 0.15) is 19.5 Å². The van der Waals surface area contributed by atoms with Crippen molar-refractivity contribution in [2.45, 2.75) is 13.8 Å². The SMILES string of the molecule is CCOC(=O)/C=C(\C(=O)OCC)c1ccc[nH]1. The van der Waals surface area contributed by atoms with Crippen molar-refractivity contribution in [1.82, 2.24) is 4.98 Å². The van der Waals surface area contributed by atoms with Gasteiger partial charge in [-0.15, -0.1) is 0 Å². The van der Waals surface area contributed by atoms with Crippen molar-refractivity contribution in [1.29, 1.82) is 0 Å². The van der Waals surface area contributed by atoms with Crippen LogP contribution in [0, 0.1) is 0 Å². The van der Waals surface area contributed by atoms with E-state index < -0.39 is 11.9 Å². The Kier molecular flexibility index (Phi) is 5.00. The van der Waals surface area contributed by atoms with Crippen LogP contribution >= 0.6 is 0 Å². The first-order valence-electron chi connectivity index (χ1n) is 5.38. The third kappa shape index (κ3) is 3.79. The molecule has 17 heavy (non-hydrogen) atoms. The maximum Gasteiger partial charge on any atom is 0.340 e. The summed E-state index contributed by atoms with van der Waals surface area (Å²) in [4.78, 5) is 25.8. The van der Waals surface area contributed by atoms with Crippen molar-refractivity contribution < 1.29 is 19.1 Å². The Hall–Kier alpha value is -2.04. The van der Waals surface area contributed by atoms with Crippen LogP contribution in [0.3, 0.4) is 0 Å². The number of nitrogens with one attached hydrogen (secondary N) is 1. The molecule has 0 aliphatic rings. The minimum absolute atomic E-state index is 0.162. The quantitative estimate of drug-likeness (QED) is 0.622. The Balaban J connectivity index is 2.94. The smallest absolute Gasteiger partial charge is 0.340 e. The molecule has 0 fully saturated rings. The topological polar surface area (TPSA) is 68.4 Å². The molecule has 0 radical (unpaired) electrons. The summed E-state index contributed by atoms with van der Waals surface area (Å²) in [5.41, 5.74) is 0.687. The average molecular weight is 237 g/mol. The van der Waals surface area contributed by atoms with Crippen molar-refractivity contribution in [2.24, 2.45) is 0 Å². The highest BCUT2D eigenvalue weighted by atomic mass is 16.5. The molecule has 0 bridgehead atoms. The molecule has 0 atom stereocenters. The number of aromatic amines is 1. The van der Waals surface area contributed by atoms with Gasteiger partial charge in [-0.2, -0.15) is 0 Å². The number of aromatic nitrogens is 1. The zero-order valence-corrected chi connectivity index (χ0v) is 9.86. The summed E-state index contributed by atoms with van der Waals surface area (Å²) >= 11 is 0. The number of carbonyl (C=O) groups excluding carboxylic acids is 2. The Morgan fingerprint density at radius 2 is 2.00 bits per heavy atom. The lowest BCUT2D eigenvalue weighted by Crippen LogP contribution is -2.10. The summed E-state index contributed by atoms with van der Waals surface area (Å²) in [5.74, 6) is -1.12. The molecule has 0 aliphatic heterocycles. The molecule has 1 N–H and O–H groups in total. The van der Waals surface area contributed by atoms with Crippen LogP contribution in [0.4, 0.5) is 0 Å². The lowest BCUT2D eigenvalue weighted by molar-refractivity contribution is -0.139. The fourth-order valence-electron chi connectivity index (χ4n) is 1.26. The van der Waals surface area contributed by atoms with Gasteiger partial charge in [0.05, 0.1) is 24.5 Å². The van der Waals surface area contributed by atoms with Crippen LogP contribution in [0.2, 0.25) is 0 Å². The Bertz CT molecular complexity index is 406. The van der Waals surface area contributed by atoms with Crippen LogP contribution in [0.5, 0.6) is 0 Å². The summed E-state index contributed by atoms with van der Waals surface area (Å²) in [5, 5.41) is 0. The number of H-pyrrole nitrogens is 1. The molecular formula is C12H15NO4. The monoisotopic (exact) mass is 237 g/mol. The van der Waals surface area contributed by atoms with Gasteiger partial charge < -0.3 is 14.5 Å². The van der Waals surface area contributed by atoms with Gasteiger partial charge in [-0.3, -0.25) is 0 Å². The molecule has 0 aromatic carbocycles. The van der Waals surface area contributed by atoms with Crippen LogP contribution in [0.25, 0.3) is 5.57 Å². The molecule has 0 unspecified atom stereocenters. The van der Waals surface area contributed by atoms with Gasteiger partial charge in [-0.1, -0.05) is 0 Å². The Labute approximate surface area is 99.4 Å². The van der Waals surface area contributed by atoms with Gasteiger partial charge in [0.1, 0.15) is 0 Å². The van der Waals surface area contributed by atoms with Gasteiger partial charge >= 0.3 is 11.9 Å². The highest BCUT2D eigenvalue weighted by molar-refractivity contribution is 6.19. The summed E-state index contributed by atoms with van der Waals surface area (Å²) < 4.78 is 9.63. The predicted molar refractivity (Wildman–Crippen MR) is 62.0 cm³/mol. The third-order valence-corrected chi connectivity index (χ3v) is 1.93. The van der Waals surface area contributed by atoms with E-state index in [0.29, 0.717) is 5.69 Å². The molecule has 5 nitrogen and oxygen atoms in total. The second-order valence-corrected chi connectivity index (χ2v) is 3.11. The summed E-state index contributed by atoms with van der Waals surface area (Å²) in [7, 11) is 0. The van der Waals surface area contributed by atoms with E-state index in [4.69, 9.17) is 9.47 Å². The molecule has 0 aliphatic carbocycles. The van der Waals surface area contributed by atoms with E-state index in [1.165, 1.54) is 0 Å². The van der Waals surface area contributed by atoms with Gasteiger partial charge in [0.25, 0.3) is 0 Å². The molecule has 0 amide bonds. The first-order valence-corrected chi connectivity index (χ1v) is 5.38. The van der Waals surface area contributed by atoms with Crippen LogP contribution in [-0.4, -0.2) is 30.1 Å². The first-order chi connectivity index (χ1) is 8.19. The maximum absolute atomic E-state index is 11.7. The van der Waals surface area contributed by atoms with Crippen LogP contribution < -0.4 is 0 Å². The predicted octanol–water partition coefficient (Wildman–Crippen LogP) is 1.52. The van der Waals surface area contributed by atoms with Crippen LogP contribution in [-0.2, 0) is 19.1 Å². The van der Waals surface area contributed by atoms with E-state index in [0.717, 1.165) is 6.08 Å². The summed E-state index contributed by atoms with van der Waals surface area (Å²) in [6.07, 6.45) is 2.79. The second-order valence-electron chi connectivity index (χ2n) is 3.11. The molecule has 1 aromatic rings. The Morgan fingerprint density at radius 3 is 2.53 bits per heavy atom. The van der Waals surface area contributed by atoms with E-state index >= 15 is 0 Å². The van der Waals surface area contributed by atoms with Crippen molar-refractivity contribution >= 4 is 17.5 Å². The van der Waals surface area contributed by atoms with Gasteiger partial charge in [0.15, 0.2) is 0 Å². The zero-order valence-electron chi connectivity index (χ0n) is 9.86. The molecule has 1 aromatic heterocycles. The molecule has 0 saturated heterocycles. The third-order valence-electron chi connectivity index (χ3n) is 1.93. The standard InChI is InChI=1S/C12H15NO4/c1-3-16-11(14)8-9(12(15)17-4-2)10-6-5-7-13-10/h5-8,13H,3-4H2,1-2H3/b9-8-. The van der Waals surface area contributed by atoms with Gasteiger partial charge in [-0.05, 0) is 26.0 Å². The average Bonchev–Trinajstić information content (AvgIpc) is 2.79. The highest BCUT2D eigenvalue weighted by Gasteiger charge is 2.16. The van der Waals surface area contributed by atoms with Crippen molar-refractivity contribution in [2.75, 3.05) is 13.2 Å². The van der Waals surface area contributed by atoms with Crippen LogP contribution in [0.15, 0.2) is 24.4 Å². The van der Waals surface area contributed by atoms with Gasteiger partial charge in [-0.25, -0.2) is 9.59 Å². The molecule has 1 rings (SSSR count). The van der Waals surface area contributed by atoms with Crippen molar-refractivity contribution in [3.8, 4) is 0 Å². The molecule has 0 spiro atoms. The zero-order chi connectivity index (χ0) is 12.7. The molecule has 5 heteroatoms. The minimum atomic E-state index is -0.565. The van der Waals surface area contributed by atoms with Gasteiger partial charge in [0, 0.05) is 12.3 Å². The number of hydrogen-bond acceptors (Lipinski definition) is 4. The van der Waals surface area contributed by atoms with E-state index in [-0.39, 0.29) is 18.8 Å². The molecule has 92 valence electrons. The van der Waals surface area contributed by atoms with Crippen molar-refractivity contribution in [3.05, 3.63) is 30.1 Å². The fraction of sp³-hybridized carbons (Fsp3) is 0.333. The lowest BCUT2D eigenvalue weighted by Gasteiger charge is -2.05. The van der Waals surface area contributed by atoms with E-state index in [1.54, 1.807) is 32.2 Å². The van der Waals surface area contributed by atoms with E-state index in [1.807, 2.05) is 0 Å². The minimum Gasteiger partial charge on any atom is -0.463 e. The maximum atomic E-state index is 11.7. The number of rotatable bonds is 5. The normalized spacial score (nSPS) is 11.1. The summed E-state index contributed by atoms with van der Waals surface area (Å²) in [6.45, 7) is 3.91. The number of carbonyl (C=O) groups is 2. The fourth-order valence-corrected chi connectivity index (χ4v) is 1.26. The van der Waals surface area contributed by atoms with E-state index in [2.05, 4.69) is 4.98 Å². The molecular weight excluding hydrogens is 222 g/mol.